The minimum atomic E-state index is -0.577. The molecule has 0 aliphatic carbocycles. The molecule has 0 saturated carbocycles. The maximum absolute atomic E-state index is 12.3. The van der Waals surface area contributed by atoms with Crippen LogP contribution in [-0.2, 0) is 23.8 Å². The molecule has 0 aliphatic heterocycles. The van der Waals surface area contributed by atoms with E-state index in [9.17, 15) is 9.59 Å². The fourth-order valence-corrected chi connectivity index (χ4v) is 3.96. The zero-order valence-electron chi connectivity index (χ0n) is 24.9. The number of rotatable bonds is 24. The van der Waals surface area contributed by atoms with Crippen molar-refractivity contribution < 1.29 is 32.8 Å². The first-order valence-electron chi connectivity index (χ1n) is 14.5. The van der Waals surface area contributed by atoms with Gasteiger partial charge in [0, 0.05) is 6.61 Å². The molecule has 0 aromatic heterocycles. The smallest absolute Gasteiger partial charge is 0.362 e. The second-order valence-corrected chi connectivity index (χ2v) is 12.4. The van der Waals surface area contributed by atoms with Gasteiger partial charge in [-0.25, -0.2) is 9.59 Å². The standard InChI is InChI=1S/C29H60N2O5/c1-8-9-10-11-12-13-14-15-16-17-18-19-20-21-22-34-25-27(36-29(33)24-31(5,6)7)26-35-28(32)23-30(2,3)4/h27H,8-26H2,1-7H3/q+2. The number of unbranched alkanes of at least 4 members (excludes halogenated alkanes) is 13. The van der Waals surface area contributed by atoms with E-state index in [-0.39, 0.29) is 38.2 Å². The molecule has 0 aromatic carbocycles. The minimum absolute atomic E-state index is 0.0282. The van der Waals surface area contributed by atoms with Crippen molar-refractivity contribution in [3.63, 3.8) is 0 Å². The van der Waals surface area contributed by atoms with E-state index >= 15 is 0 Å². The van der Waals surface area contributed by atoms with Gasteiger partial charge in [-0.05, 0) is 6.42 Å². The van der Waals surface area contributed by atoms with Crippen molar-refractivity contribution in [3.8, 4) is 0 Å². The third kappa shape index (κ3) is 25.9. The summed E-state index contributed by atoms with van der Waals surface area (Å²) in [6.07, 6.45) is 17.9. The summed E-state index contributed by atoms with van der Waals surface area (Å²) < 4.78 is 17.7. The quantitative estimate of drug-likeness (QED) is 0.0983. The first-order chi connectivity index (χ1) is 16.9. The van der Waals surface area contributed by atoms with Gasteiger partial charge in [0.25, 0.3) is 0 Å². The summed E-state index contributed by atoms with van der Waals surface area (Å²) in [5.41, 5.74) is 0. The molecule has 0 saturated heterocycles. The van der Waals surface area contributed by atoms with Gasteiger partial charge in [-0.2, -0.15) is 0 Å². The van der Waals surface area contributed by atoms with Crippen molar-refractivity contribution in [2.24, 2.45) is 0 Å². The van der Waals surface area contributed by atoms with E-state index in [0.717, 1.165) is 12.8 Å². The first kappa shape index (κ1) is 34.8. The fourth-order valence-electron chi connectivity index (χ4n) is 3.96. The Labute approximate surface area is 223 Å². The van der Waals surface area contributed by atoms with Crippen LogP contribution in [0.2, 0.25) is 0 Å². The molecule has 7 heteroatoms. The zero-order chi connectivity index (χ0) is 27.3. The Hall–Kier alpha value is -1.18. The number of nitrogens with zero attached hydrogens (tertiary/aromatic N) is 2. The summed E-state index contributed by atoms with van der Waals surface area (Å²) in [5.74, 6) is -0.614. The van der Waals surface area contributed by atoms with Crippen molar-refractivity contribution >= 4 is 11.9 Å². The monoisotopic (exact) mass is 516 g/mol. The van der Waals surface area contributed by atoms with Gasteiger partial charge in [-0.15, -0.1) is 0 Å². The highest BCUT2D eigenvalue weighted by Crippen LogP contribution is 2.13. The van der Waals surface area contributed by atoms with Gasteiger partial charge >= 0.3 is 11.9 Å². The number of quaternary nitrogens is 2. The SMILES string of the molecule is CCCCCCCCCCCCCCCCOCC(COC(=O)C[N+](C)(C)C)OC(=O)C[N+](C)(C)C. The van der Waals surface area contributed by atoms with Crippen LogP contribution in [-0.4, -0.2) is 102 Å². The summed E-state index contributed by atoms with van der Waals surface area (Å²) in [5, 5.41) is 0. The average Bonchev–Trinajstić information content (AvgIpc) is 2.74. The predicted octanol–water partition coefficient (Wildman–Crippen LogP) is 5.35. The Morgan fingerprint density at radius 1 is 0.583 bits per heavy atom. The molecule has 0 rings (SSSR count). The van der Waals surface area contributed by atoms with Crippen molar-refractivity contribution in [2.45, 2.75) is 103 Å². The number of carbonyl (C=O) groups excluding carboxylic acids is 2. The zero-order valence-corrected chi connectivity index (χ0v) is 24.9. The Kier molecular flexibility index (Phi) is 20.1. The van der Waals surface area contributed by atoms with Crippen LogP contribution in [0, 0.1) is 0 Å². The molecule has 0 bridgehead atoms. The lowest BCUT2D eigenvalue weighted by molar-refractivity contribution is -0.863. The number of carbonyl (C=O) groups is 2. The summed E-state index contributed by atoms with van der Waals surface area (Å²) >= 11 is 0. The van der Waals surface area contributed by atoms with Crippen LogP contribution in [0.4, 0.5) is 0 Å². The van der Waals surface area contributed by atoms with Crippen molar-refractivity contribution in [1.82, 2.24) is 0 Å². The van der Waals surface area contributed by atoms with E-state index in [0.29, 0.717) is 15.6 Å². The van der Waals surface area contributed by atoms with E-state index in [1.165, 1.54) is 77.0 Å². The minimum Gasteiger partial charge on any atom is -0.457 e. The molecule has 214 valence electrons. The Morgan fingerprint density at radius 3 is 1.44 bits per heavy atom. The molecule has 1 unspecified atom stereocenters. The highest BCUT2D eigenvalue weighted by atomic mass is 16.6. The van der Waals surface area contributed by atoms with Crippen LogP contribution in [0.1, 0.15) is 96.8 Å². The number of ether oxygens (including phenoxy) is 3. The van der Waals surface area contributed by atoms with Crippen LogP contribution in [0.5, 0.6) is 0 Å². The molecular formula is C29H60N2O5+2. The van der Waals surface area contributed by atoms with Crippen LogP contribution in [0.25, 0.3) is 0 Å². The normalized spacial score (nSPS) is 13.0. The van der Waals surface area contributed by atoms with Crippen molar-refractivity contribution in [1.29, 1.82) is 0 Å². The molecule has 0 fully saturated rings. The molecule has 0 N–H and O–H groups in total. The second-order valence-electron chi connectivity index (χ2n) is 12.4. The summed E-state index contributed by atoms with van der Waals surface area (Å²) in [7, 11) is 11.6. The van der Waals surface area contributed by atoms with E-state index in [4.69, 9.17) is 14.2 Å². The molecule has 0 spiro atoms. The number of hydrogen-bond donors (Lipinski definition) is 0. The Balaban J connectivity index is 3.97. The molecular weight excluding hydrogens is 456 g/mol. The third-order valence-corrected chi connectivity index (χ3v) is 5.88. The van der Waals surface area contributed by atoms with Gasteiger partial charge in [-0.1, -0.05) is 90.4 Å². The molecule has 0 heterocycles. The number of esters is 2. The van der Waals surface area contributed by atoms with Gasteiger partial charge in [0.05, 0.1) is 48.9 Å². The van der Waals surface area contributed by atoms with Crippen molar-refractivity contribution in [2.75, 3.05) is 75.2 Å². The van der Waals surface area contributed by atoms with E-state index < -0.39 is 6.10 Å². The van der Waals surface area contributed by atoms with Crippen molar-refractivity contribution in [3.05, 3.63) is 0 Å². The van der Waals surface area contributed by atoms with Crippen LogP contribution >= 0.6 is 0 Å². The molecule has 0 aliphatic rings. The summed E-state index contributed by atoms with van der Waals surface area (Å²) in [4.78, 5) is 24.4. The van der Waals surface area contributed by atoms with E-state index in [2.05, 4.69) is 6.92 Å². The van der Waals surface area contributed by atoms with Crippen LogP contribution in [0.3, 0.4) is 0 Å². The summed E-state index contributed by atoms with van der Waals surface area (Å²) in [6, 6.07) is 0. The van der Waals surface area contributed by atoms with Gasteiger partial charge in [-0.3, -0.25) is 0 Å². The highest BCUT2D eigenvalue weighted by Gasteiger charge is 2.23. The third-order valence-electron chi connectivity index (χ3n) is 5.88. The largest absolute Gasteiger partial charge is 0.457 e. The molecule has 0 amide bonds. The molecule has 1 atom stereocenters. The molecule has 36 heavy (non-hydrogen) atoms. The molecule has 7 nitrogen and oxygen atoms in total. The van der Waals surface area contributed by atoms with E-state index in [1.54, 1.807) is 0 Å². The van der Waals surface area contributed by atoms with Gasteiger partial charge in [0.1, 0.15) is 6.61 Å². The van der Waals surface area contributed by atoms with Crippen LogP contribution < -0.4 is 0 Å². The second kappa shape index (κ2) is 20.8. The lowest BCUT2D eigenvalue weighted by atomic mass is 10.0. The molecule has 0 radical (unpaired) electrons. The lowest BCUT2D eigenvalue weighted by Crippen LogP contribution is -2.43. The number of likely N-dealkylation sites (N-methyl/N-ethyl adjacent to an activating group) is 2. The maximum Gasteiger partial charge on any atom is 0.362 e. The highest BCUT2D eigenvalue weighted by molar-refractivity contribution is 5.71. The summed E-state index contributed by atoms with van der Waals surface area (Å²) in [6.45, 7) is 3.70. The first-order valence-corrected chi connectivity index (χ1v) is 14.5. The predicted molar refractivity (Wildman–Crippen MR) is 148 cm³/mol. The maximum atomic E-state index is 12.3. The Morgan fingerprint density at radius 2 is 1.00 bits per heavy atom. The average molecular weight is 517 g/mol. The van der Waals surface area contributed by atoms with E-state index in [1.807, 2.05) is 42.3 Å². The topological polar surface area (TPSA) is 61.8 Å². The van der Waals surface area contributed by atoms with Crippen LogP contribution in [0.15, 0.2) is 0 Å². The van der Waals surface area contributed by atoms with Gasteiger partial charge in [0.2, 0.25) is 0 Å². The number of hydrogen-bond acceptors (Lipinski definition) is 5. The Bertz CT molecular complexity index is 555. The lowest BCUT2D eigenvalue weighted by Gasteiger charge is -2.25. The fraction of sp³-hybridized carbons (Fsp3) is 0.931. The molecule has 0 aromatic rings. The van der Waals surface area contributed by atoms with Gasteiger partial charge < -0.3 is 23.2 Å². The van der Waals surface area contributed by atoms with Gasteiger partial charge in [0.15, 0.2) is 19.2 Å².